The Morgan fingerprint density at radius 1 is 0.957 bits per heavy atom. The zero-order valence-corrected chi connectivity index (χ0v) is 12.7. The highest BCUT2D eigenvalue weighted by Crippen LogP contribution is 2.20. The Morgan fingerprint density at radius 3 is 2.52 bits per heavy atom. The maximum absolute atomic E-state index is 9.02. The lowest BCUT2D eigenvalue weighted by Gasteiger charge is -2.19. The predicted octanol–water partition coefficient (Wildman–Crippen LogP) is 3.83. The molecule has 112 valence electrons. The number of nitriles is 1. The number of rotatable bonds is 5. The third kappa shape index (κ3) is 3.82. The summed E-state index contributed by atoms with van der Waals surface area (Å²) in [7, 11) is 0. The van der Waals surface area contributed by atoms with E-state index in [-0.39, 0.29) is 6.04 Å². The van der Waals surface area contributed by atoms with Crippen molar-refractivity contribution in [1.82, 2.24) is 10.3 Å². The van der Waals surface area contributed by atoms with E-state index in [1.54, 1.807) is 0 Å². The van der Waals surface area contributed by atoms with Gasteiger partial charge in [0.2, 0.25) is 0 Å². The minimum atomic E-state index is 0.0168. The molecule has 1 heterocycles. The van der Waals surface area contributed by atoms with Gasteiger partial charge < -0.3 is 5.32 Å². The van der Waals surface area contributed by atoms with E-state index in [4.69, 9.17) is 5.26 Å². The van der Waals surface area contributed by atoms with Gasteiger partial charge in [-0.1, -0.05) is 48.5 Å². The molecule has 0 aliphatic rings. The van der Waals surface area contributed by atoms with Crippen molar-refractivity contribution in [3.63, 3.8) is 0 Å². The minimum Gasteiger partial charge on any atom is -0.301 e. The quantitative estimate of drug-likeness (QED) is 0.779. The second-order valence-corrected chi connectivity index (χ2v) is 5.29. The minimum absolute atomic E-state index is 0.0168. The van der Waals surface area contributed by atoms with E-state index in [1.807, 2.05) is 66.9 Å². The molecule has 3 rings (SSSR count). The second kappa shape index (κ2) is 7.35. The topological polar surface area (TPSA) is 48.7 Å². The Hall–Kier alpha value is -2.96. The Kier molecular flexibility index (Phi) is 4.78. The molecule has 23 heavy (non-hydrogen) atoms. The fourth-order valence-corrected chi connectivity index (χ4v) is 2.56. The molecule has 2 aromatic carbocycles. The molecule has 1 atom stereocenters. The van der Waals surface area contributed by atoms with E-state index >= 15 is 0 Å². The summed E-state index contributed by atoms with van der Waals surface area (Å²) in [5, 5.41) is 12.6. The monoisotopic (exact) mass is 299 g/mol. The standard InChI is InChI=1S/C20H17N3/c21-14-16-7-6-8-17(13-16)15-23-20(18-9-2-1-3-10-18)19-11-4-5-12-22-19/h1-13,20,23H,15H2/t20-/m0/s1. The van der Waals surface area contributed by atoms with Gasteiger partial charge in [-0.25, -0.2) is 0 Å². The number of hydrogen-bond acceptors (Lipinski definition) is 3. The molecule has 3 heteroatoms. The molecule has 1 N–H and O–H groups in total. The predicted molar refractivity (Wildman–Crippen MR) is 90.5 cm³/mol. The van der Waals surface area contributed by atoms with E-state index in [2.05, 4.69) is 28.5 Å². The average molecular weight is 299 g/mol. The fraction of sp³-hybridized carbons (Fsp3) is 0.100. The number of hydrogen-bond donors (Lipinski definition) is 1. The summed E-state index contributed by atoms with van der Waals surface area (Å²) >= 11 is 0. The third-order valence-electron chi connectivity index (χ3n) is 3.68. The Balaban J connectivity index is 1.83. The van der Waals surface area contributed by atoms with E-state index in [1.165, 1.54) is 5.56 Å². The Bertz CT molecular complexity index is 752. The van der Waals surface area contributed by atoms with Crippen LogP contribution in [0.5, 0.6) is 0 Å². The van der Waals surface area contributed by atoms with Crippen molar-refractivity contribution in [3.05, 3.63) is 101 Å². The lowest BCUT2D eigenvalue weighted by molar-refractivity contribution is 0.592. The molecule has 3 nitrogen and oxygen atoms in total. The van der Waals surface area contributed by atoms with Crippen LogP contribution in [0.3, 0.4) is 0 Å². The maximum Gasteiger partial charge on any atom is 0.0991 e. The SMILES string of the molecule is N#Cc1cccc(CN[C@@H](c2ccccc2)c2ccccn2)c1. The summed E-state index contributed by atoms with van der Waals surface area (Å²) < 4.78 is 0. The van der Waals surface area contributed by atoms with Crippen LogP contribution in [0, 0.1) is 11.3 Å². The summed E-state index contributed by atoms with van der Waals surface area (Å²) in [6.45, 7) is 0.672. The molecule has 0 saturated carbocycles. The molecule has 0 radical (unpaired) electrons. The smallest absolute Gasteiger partial charge is 0.0991 e. The van der Waals surface area contributed by atoms with Crippen molar-refractivity contribution < 1.29 is 0 Å². The van der Waals surface area contributed by atoms with Crippen LogP contribution in [0.1, 0.15) is 28.4 Å². The summed E-state index contributed by atoms with van der Waals surface area (Å²) in [5.74, 6) is 0. The first-order valence-electron chi connectivity index (χ1n) is 7.55. The number of aromatic nitrogens is 1. The summed E-state index contributed by atoms with van der Waals surface area (Å²) in [4.78, 5) is 4.49. The zero-order valence-electron chi connectivity index (χ0n) is 12.7. The highest BCUT2D eigenvalue weighted by atomic mass is 14.9. The van der Waals surface area contributed by atoms with Gasteiger partial charge in [-0.05, 0) is 35.4 Å². The first kappa shape index (κ1) is 15.0. The molecule has 0 aliphatic carbocycles. The second-order valence-electron chi connectivity index (χ2n) is 5.29. The van der Waals surface area contributed by atoms with E-state index < -0.39 is 0 Å². The van der Waals surface area contributed by atoms with Crippen LogP contribution in [-0.4, -0.2) is 4.98 Å². The van der Waals surface area contributed by atoms with Crippen LogP contribution < -0.4 is 5.32 Å². The first-order chi connectivity index (χ1) is 11.4. The van der Waals surface area contributed by atoms with Crippen LogP contribution in [0.4, 0.5) is 0 Å². The largest absolute Gasteiger partial charge is 0.301 e. The molecule has 3 aromatic rings. The molecule has 0 spiro atoms. The summed E-state index contributed by atoms with van der Waals surface area (Å²) in [6.07, 6.45) is 1.81. The van der Waals surface area contributed by atoms with Gasteiger partial charge in [0.15, 0.2) is 0 Å². The van der Waals surface area contributed by atoms with Gasteiger partial charge in [-0.15, -0.1) is 0 Å². The zero-order chi connectivity index (χ0) is 15.9. The van der Waals surface area contributed by atoms with Gasteiger partial charge in [0.25, 0.3) is 0 Å². The highest BCUT2D eigenvalue weighted by molar-refractivity contribution is 5.33. The summed E-state index contributed by atoms with van der Waals surface area (Å²) in [5.41, 5.74) is 3.91. The molecule has 0 unspecified atom stereocenters. The number of benzene rings is 2. The lowest BCUT2D eigenvalue weighted by atomic mass is 10.0. The van der Waals surface area contributed by atoms with Gasteiger partial charge in [-0.2, -0.15) is 5.26 Å². The number of nitrogens with zero attached hydrogens (tertiary/aromatic N) is 2. The van der Waals surface area contributed by atoms with Gasteiger partial charge in [0, 0.05) is 12.7 Å². The Labute approximate surface area is 136 Å². The maximum atomic E-state index is 9.02. The van der Waals surface area contributed by atoms with Crippen LogP contribution in [0.25, 0.3) is 0 Å². The normalized spacial score (nSPS) is 11.6. The van der Waals surface area contributed by atoms with Crippen LogP contribution >= 0.6 is 0 Å². The van der Waals surface area contributed by atoms with Crippen LogP contribution in [0.15, 0.2) is 79.0 Å². The van der Waals surface area contributed by atoms with Crippen LogP contribution in [0.2, 0.25) is 0 Å². The van der Waals surface area contributed by atoms with Crippen molar-refractivity contribution in [2.75, 3.05) is 0 Å². The van der Waals surface area contributed by atoms with Crippen molar-refractivity contribution in [3.8, 4) is 6.07 Å². The number of nitrogens with one attached hydrogen (secondary N) is 1. The van der Waals surface area contributed by atoms with Gasteiger partial charge in [0.1, 0.15) is 0 Å². The third-order valence-corrected chi connectivity index (χ3v) is 3.68. The van der Waals surface area contributed by atoms with E-state index in [9.17, 15) is 0 Å². The van der Waals surface area contributed by atoms with Crippen molar-refractivity contribution >= 4 is 0 Å². The van der Waals surface area contributed by atoms with Crippen molar-refractivity contribution in [2.24, 2.45) is 0 Å². The van der Waals surface area contributed by atoms with Crippen LogP contribution in [-0.2, 0) is 6.54 Å². The molecule has 0 amide bonds. The molecule has 0 aliphatic heterocycles. The molecule has 1 aromatic heterocycles. The molecular formula is C20H17N3. The molecule has 0 saturated heterocycles. The lowest BCUT2D eigenvalue weighted by Crippen LogP contribution is -2.22. The molecular weight excluding hydrogens is 282 g/mol. The molecule has 0 fully saturated rings. The van der Waals surface area contributed by atoms with Gasteiger partial charge in [0.05, 0.1) is 23.4 Å². The van der Waals surface area contributed by atoms with Crippen molar-refractivity contribution in [1.29, 1.82) is 5.26 Å². The van der Waals surface area contributed by atoms with E-state index in [0.29, 0.717) is 12.1 Å². The molecule has 0 bridgehead atoms. The first-order valence-corrected chi connectivity index (χ1v) is 7.55. The highest BCUT2D eigenvalue weighted by Gasteiger charge is 2.14. The van der Waals surface area contributed by atoms with E-state index in [0.717, 1.165) is 11.3 Å². The number of pyridine rings is 1. The fourth-order valence-electron chi connectivity index (χ4n) is 2.56. The Morgan fingerprint density at radius 2 is 1.78 bits per heavy atom. The van der Waals surface area contributed by atoms with Gasteiger partial charge in [-0.3, -0.25) is 4.98 Å². The van der Waals surface area contributed by atoms with Gasteiger partial charge >= 0.3 is 0 Å². The average Bonchev–Trinajstić information content (AvgIpc) is 2.64. The summed E-state index contributed by atoms with van der Waals surface area (Å²) in [6, 6.07) is 26.1. The van der Waals surface area contributed by atoms with Crippen molar-refractivity contribution in [2.45, 2.75) is 12.6 Å².